The number of hydrogen-bond acceptors (Lipinski definition) is 8. The molecule has 2 N–H and O–H groups in total. The molecule has 3 aromatic rings. The number of rotatable bonds is 8. The second-order valence-corrected chi connectivity index (χ2v) is 8.39. The number of nitro groups is 2. The molecule has 0 spiro atoms. The lowest BCUT2D eigenvalue weighted by Gasteiger charge is -2.09. The minimum absolute atomic E-state index is 0.0464. The molecule has 164 valence electrons. The van der Waals surface area contributed by atoms with Crippen LogP contribution in [0, 0.1) is 20.2 Å². The fourth-order valence-electron chi connectivity index (χ4n) is 2.55. The highest BCUT2D eigenvalue weighted by Gasteiger charge is 2.21. The normalized spacial score (nSPS) is 11.3. The van der Waals surface area contributed by atoms with Crippen LogP contribution in [0.2, 0.25) is 5.02 Å². The largest absolute Gasteiger partial charge is 0.295 e. The van der Waals surface area contributed by atoms with Crippen molar-refractivity contribution in [2.75, 3.05) is 10.1 Å². The van der Waals surface area contributed by atoms with Gasteiger partial charge in [0.2, 0.25) is 0 Å². The predicted molar refractivity (Wildman–Crippen MR) is 120 cm³/mol. The molecule has 3 rings (SSSR count). The van der Waals surface area contributed by atoms with Crippen LogP contribution < -0.4 is 10.1 Å². The number of anilines is 2. The Morgan fingerprint density at radius 1 is 0.938 bits per heavy atom. The first kappa shape index (κ1) is 22.7. The van der Waals surface area contributed by atoms with Gasteiger partial charge in [0.15, 0.2) is 0 Å². The average molecular weight is 476 g/mol. The van der Waals surface area contributed by atoms with Crippen molar-refractivity contribution in [3.8, 4) is 0 Å². The number of hydrazone groups is 1. The van der Waals surface area contributed by atoms with E-state index in [1.165, 1.54) is 54.7 Å². The number of non-ortho nitro benzene ring substituents is 1. The summed E-state index contributed by atoms with van der Waals surface area (Å²) >= 11 is 5.85. The van der Waals surface area contributed by atoms with Crippen molar-refractivity contribution in [3.63, 3.8) is 0 Å². The third kappa shape index (κ3) is 5.56. The molecule has 0 atom stereocenters. The first-order valence-corrected chi connectivity index (χ1v) is 10.6. The topological polar surface area (TPSA) is 157 Å². The summed E-state index contributed by atoms with van der Waals surface area (Å²) < 4.78 is 27.5. The van der Waals surface area contributed by atoms with Crippen LogP contribution in [0.4, 0.5) is 22.7 Å². The molecule has 0 saturated carbocycles. The molecular formula is C19H14ClN5O6S. The molecule has 0 heterocycles. The summed E-state index contributed by atoms with van der Waals surface area (Å²) in [6.45, 7) is 0. The first-order chi connectivity index (χ1) is 15.2. The Kier molecular flexibility index (Phi) is 6.66. The summed E-state index contributed by atoms with van der Waals surface area (Å²) in [6.07, 6.45) is 1.30. The smallest absolute Gasteiger partial charge is 0.280 e. The summed E-state index contributed by atoms with van der Waals surface area (Å²) in [4.78, 5) is 20.5. The number of sulfonamides is 1. The number of hydrogen-bond donors (Lipinski definition) is 2. The minimum atomic E-state index is -4.11. The molecule has 13 heteroatoms. The molecule has 0 amide bonds. The Morgan fingerprint density at radius 3 is 2.28 bits per heavy atom. The molecule has 0 aliphatic carbocycles. The van der Waals surface area contributed by atoms with Crippen LogP contribution in [0.15, 0.2) is 76.7 Å². The lowest BCUT2D eigenvalue weighted by molar-refractivity contribution is -0.384. The van der Waals surface area contributed by atoms with Gasteiger partial charge < -0.3 is 0 Å². The van der Waals surface area contributed by atoms with Crippen LogP contribution in [-0.2, 0) is 10.0 Å². The van der Waals surface area contributed by atoms with Gasteiger partial charge in [-0.3, -0.25) is 30.4 Å². The van der Waals surface area contributed by atoms with Crippen molar-refractivity contribution in [1.29, 1.82) is 0 Å². The van der Waals surface area contributed by atoms with Gasteiger partial charge in [0.05, 0.1) is 26.6 Å². The maximum atomic E-state index is 12.6. The zero-order valence-corrected chi connectivity index (χ0v) is 17.6. The van der Waals surface area contributed by atoms with E-state index in [1.54, 1.807) is 12.1 Å². The number of nitro benzene ring substituents is 2. The monoisotopic (exact) mass is 475 g/mol. The van der Waals surface area contributed by atoms with Crippen molar-refractivity contribution >= 4 is 50.6 Å². The molecule has 0 aromatic heterocycles. The molecule has 0 saturated heterocycles. The standard InChI is InChI=1S/C19H14ClN5O6S/c20-14-2-1-3-15(10-14)23-32(30,31)17-8-9-18(19(11-17)25(28)29)22-21-12-13-4-6-16(7-5-13)24(26)27/h1-12,22-23H. The third-order valence-electron chi connectivity index (χ3n) is 4.06. The van der Waals surface area contributed by atoms with Crippen molar-refractivity contribution in [3.05, 3.63) is 97.5 Å². The van der Waals surface area contributed by atoms with Gasteiger partial charge in [0.25, 0.3) is 21.4 Å². The Balaban J connectivity index is 1.81. The average Bonchev–Trinajstić information content (AvgIpc) is 2.73. The highest BCUT2D eigenvalue weighted by Crippen LogP contribution is 2.29. The SMILES string of the molecule is O=[N+]([O-])c1ccc(C=NNc2ccc(S(=O)(=O)Nc3cccc(Cl)c3)cc2[N+](=O)[O-])cc1. The summed E-state index contributed by atoms with van der Waals surface area (Å²) in [7, 11) is -4.11. The van der Waals surface area contributed by atoms with E-state index in [9.17, 15) is 28.6 Å². The lowest BCUT2D eigenvalue weighted by Crippen LogP contribution is -2.13. The molecule has 0 aliphatic heterocycles. The van der Waals surface area contributed by atoms with Gasteiger partial charge in [-0.05, 0) is 48.0 Å². The highest BCUT2D eigenvalue weighted by atomic mass is 35.5. The van der Waals surface area contributed by atoms with Crippen LogP contribution in [0.5, 0.6) is 0 Å². The van der Waals surface area contributed by atoms with Crippen LogP contribution in [0.1, 0.15) is 5.56 Å². The molecule has 0 fully saturated rings. The summed E-state index contributed by atoms with van der Waals surface area (Å²) in [6, 6.07) is 14.8. The molecule has 0 aliphatic rings. The van der Waals surface area contributed by atoms with E-state index >= 15 is 0 Å². The van der Waals surface area contributed by atoms with Gasteiger partial charge in [-0.1, -0.05) is 17.7 Å². The van der Waals surface area contributed by atoms with Gasteiger partial charge in [-0.2, -0.15) is 5.10 Å². The van der Waals surface area contributed by atoms with E-state index < -0.39 is 25.6 Å². The van der Waals surface area contributed by atoms with Gasteiger partial charge in [0.1, 0.15) is 5.69 Å². The second kappa shape index (κ2) is 9.41. The fraction of sp³-hybridized carbons (Fsp3) is 0. The summed E-state index contributed by atoms with van der Waals surface area (Å²) in [5.41, 5.74) is 2.54. The first-order valence-electron chi connectivity index (χ1n) is 8.76. The lowest BCUT2D eigenvalue weighted by atomic mass is 10.2. The van der Waals surface area contributed by atoms with E-state index in [0.717, 1.165) is 6.07 Å². The van der Waals surface area contributed by atoms with Gasteiger partial charge in [-0.15, -0.1) is 0 Å². The van der Waals surface area contributed by atoms with Crippen molar-refractivity contribution in [2.24, 2.45) is 5.10 Å². The molecule has 0 unspecified atom stereocenters. The Hall–Kier alpha value is -4.03. The highest BCUT2D eigenvalue weighted by molar-refractivity contribution is 7.92. The van der Waals surface area contributed by atoms with Crippen LogP contribution in [0.25, 0.3) is 0 Å². The number of halogens is 1. The van der Waals surface area contributed by atoms with Crippen molar-refractivity contribution in [2.45, 2.75) is 4.90 Å². The van der Waals surface area contributed by atoms with E-state index in [2.05, 4.69) is 15.2 Å². The van der Waals surface area contributed by atoms with Gasteiger partial charge >= 0.3 is 0 Å². The molecule has 11 nitrogen and oxygen atoms in total. The predicted octanol–water partition coefficient (Wildman–Crippen LogP) is 4.40. The molecule has 32 heavy (non-hydrogen) atoms. The van der Waals surface area contributed by atoms with Crippen LogP contribution in [0.3, 0.4) is 0 Å². The third-order valence-corrected chi connectivity index (χ3v) is 5.67. The van der Waals surface area contributed by atoms with Crippen LogP contribution in [-0.4, -0.2) is 24.5 Å². The quantitative estimate of drug-likeness (QED) is 0.277. The Bertz CT molecular complexity index is 1310. The fourth-order valence-corrected chi connectivity index (χ4v) is 3.81. The Labute approximate surface area is 186 Å². The van der Waals surface area contributed by atoms with Gasteiger partial charge in [-0.25, -0.2) is 8.42 Å². The Morgan fingerprint density at radius 2 is 1.66 bits per heavy atom. The number of benzene rings is 3. The molecule has 3 aromatic carbocycles. The van der Waals surface area contributed by atoms with Crippen LogP contribution >= 0.6 is 11.6 Å². The van der Waals surface area contributed by atoms with E-state index in [-0.39, 0.29) is 22.0 Å². The maximum Gasteiger partial charge on any atom is 0.295 e. The van der Waals surface area contributed by atoms with Crippen molar-refractivity contribution < 1.29 is 18.3 Å². The molecule has 0 bridgehead atoms. The summed E-state index contributed by atoms with van der Waals surface area (Å²) in [5, 5.41) is 26.3. The van der Waals surface area contributed by atoms with E-state index in [0.29, 0.717) is 10.6 Å². The van der Waals surface area contributed by atoms with E-state index in [4.69, 9.17) is 11.6 Å². The summed E-state index contributed by atoms with van der Waals surface area (Å²) in [5.74, 6) is 0. The van der Waals surface area contributed by atoms with Crippen molar-refractivity contribution in [1.82, 2.24) is 0 Å². The maximum absolute atomic E-state index is 12.6. The van der Waals surface area contributed by atoms with E-state index in [1.807, 2.05) is 0 Å². The second-order valence-electron chi connectivity index (χ2n) is 6.27. The molecule has 0 radical (unpaired) electrons. The zero-order valence-electron chi connectivity index (χ0n) is 16.0. The minimum Gasteiger partial charge on any atom is -0.280 e. The zero-order chi connectivity index (χ0) is 23.3. The molecular weight excluding hydrogens is 462 g/mol. The number of nitrogens with one attached hydrogen (secondary N) is 2. The number of nitrogens with zero attached hydrogens (tertiary/aromatic N) is 3. The van der Waals surface area contributed by atoms with Gasteiger partial charge in [0, 0.05) is 23.2 Å².